The molecular formula is C22H27IN4O2S. The number of halogens is 1. The number of nitrogens with one attached hydrogen (secondary N) is 2. The highest BCUT2D eigenvalue weighted by Gasteiger charge is 2.05. The summed E-state index contributed by atoms with van der Waals surface area (Å²) in [5.74, 6) is 2.94. The highest BCUT2D eigenvalue weighted by molar-refractivity contribution is 14.0. The molecule has 0 radical (unpaired) electrons. The zero-order valence-electron chi connectivity index (χ0n) is 17.3. The standard InChI is InChI=1S/C22H26N4O2S.HI/c1-16-14-25-21(29-16)12-13-24-22(23-2)26-15-17-8-10-18(11-9-17)28-20-7-5-4-6-19(20)27-3;/h4-11,14H,12-13,15H2,1-3H3,(H2,23,24,26);1H. The fraction of sp³-hybridized carbons (Fsp3) is 0.273. The van der Waals surface area contributed by atoms with Gasteiger partial charge in [-0.15, -0.1) is 35.3 Å². The van der Waals surface area contributed by atoms with E-state index in [2.05, 4.69) is 27.5 Å². The number of para-hydroxylation sites is 2. The fourth-order valence-corrected chi connectivity index (χ4v) is 3.50. The number of hydrogen-bond acceptors (Lipinski definition) is 5. The first-order valence-electron chi connectivity index (χ1n) is 9.43. The van der Waals surface area contributed by atoms with Crippen molar-refractivity contribution in [3.05, 3.63) is 70.2 Å². The Hall–Kier alpha value is -2.33. The Morgan fingerprint density at radius 1 is 1.07 bits per heavy atom. The van der Waals surface area contributed by atoms with Crippen molar-refractivity contribution in [1.29, 1.82) is 0 Å². The number of guanidine groups is 1. The van der Waals surface area contributed by atoms with Crippen molar-refractivity contribution in [1.82, 2.24) is 15.6 Å². The molecular weight excluding hydrogens is 511 g/mol. The minimum atomic E-state index is 0. The van der Waals surface area contributed by atoms with E-state index >= 15 is 0 Å². The average molecular weight is 538 g/mol. The number of thiazole rings is 1. The minimum Gasteiger partial charge on any atom is -0.493 e. The van der Waals surface area contributed by atoms with Crippen molar-refractivity contribution in [2.24, 2.45) is 4.99 Å². The predicted octanol–water partition coefficient (Wildman–Crippen LogP) is 4.78. The van der Waals surface area contributed by atoms with E-state index in [-0.39, 0.29) is 24.0 Å². The zero-order valence-corrected chi connectivity index (χ0v) is 20.5. The first kappa shape index (κ1) is 23.9. The molecule has 1 aromatic heterocycles. The van der Waals surface area contributed by atoms with Crippen LogP contribution in [0.15, 0.2) is 59.7 Å². The van der Waals surface area contributed by atoms with E-state index in [1.54, 1.807) is 25.5 Å². The Kier molecular flexibility index (Phi) is 9.88. The lowest BCUT2D eigenvalue weighted by atomic mass is 10.2. The molecule has 160 valence electrons. The van der Waals surface area contributed by atoms with Crippen LogP contribution < -0.4 is 20.1 Å². The second-order valence-corrected chi connectivity index (χ2v) is 7.68. The second kappa shape index (κ2) is 12.4. The summed E-state index contributed by atoms with van der Waals surface area (Å²) in [4.78, 5) is 9.89. The third-order valence-corrected chi connectivity index (χ3v) is 5.18. The van der Waals surface area contributed by atoms with Gasteiger partial charge in [-0.1, -0.05) is 24.3 Å². The molecule has 0 aliphatic heterocycles. The zero-order chi connectivity index (χ0) is 20.5. The van der Waals surface area contributed by atoms with E-state index in [0.717, 1.165) is 35.2 Å². The first-order valence-corrected chi connectivity index (χ1v) is 10.2. The smallest absolute Gasteiger partial charge is 0.191 e. The Morgan fingerprint density at radius 2 is 1.80 bits per heavy atom. The van der Waals surface area contributed by atoms with Crippen LogP contribution >= 0.6 is 35.3 Å². The molecule has 2 N–H and O–H groups in total. The molecule has 0 saturated heterocycles. The van der Waals surface area contributed by atoms with E-state index in [0.29, 0.717) is 18.0 Å². The number of aryl methyl sites for hydroxylation is 1. The van der Waals surface area contributed by atoms with Crippen LogP contribution in [0, 0.1) is 6.92 Å². The second-order valence-electron chi connectivity index (χ2n) is 6.36. The molecule has 0 atom stereocenters. The molecule has 3 aromatic rings. The fourth-order valence-electron chi connectivity index (χ4n) is 2.72. The van der Waals surface area contributed by atoms with Gasteiger partial charge >= 0.3 is 0 Å². The molecule has 0 spiro atoms. The van der Waals surface area contributed by atoms with Gasteiger partial charge in [0.2, 0.25) is 0 Å². The number of hydrogen-bond donors (Lipinski definition) is 2. The quantitative estimate of drug-likeness (QED) is 0.246. The van der Waals surface area contributed by atoms with Gasteiger partial charge in [0.25, 0.3) is 0 Å². The number of ether oxygens (including phenoxy) is 2. The summed E-state index contributed by atoms with van der Waals surface area (Å²) >= 11 is 1.73. The Bertz CT molecular complexity index is 944. The summed E-state index contributed by atoms with van der Waals surface area (Å²) in [7, 11) is 3.41. The normalized spacial score (nSPS) is 10.8. The first-order chi connectivity index (χ1) is 14.2. The number of nitrogens with zero attached hydrogens (tertiary/aromatic N) is 2. The lowest BCUT2D eigenvalue weighted by Crippen LogP contribution is -2.37. The maximum absolute atomic E-state index is 5.91. The van der Waals surface area contributed by atoms with Gasteiger partial charge in [-0.3, -0.25) is 4.99 Å². The molecule has 0 saturated carbocycles. The van der Waals surface area contributed by atoms with Crippen LogP contribution in [0.3, 0.4) is 0 Å². The molecule has 8 heteroatoms. The van der Waals surface area contributed by atoms with Gasteiger partial charge in [0.15, 0.2) is 17.5 Å². The van der Waals surface area contributed by atoms with Gasteiger partial charge in [0.1, 0.15) is 5.75 Å². The van der Waals surface area contributed by atoms with E-state index in [1.165, 1.54) is 4.88 Å². The van der Waals surface area contributed by atoms with Crippen molar-refractivity contribution >= 4 is 41.3 Å². The maximum atomic E-state index is 5.91. The molecule has 6 nitrogen and oxygen atoms in total. The molecule has 2 aromatic carbocycles. The van der Waals surface area contributed by atoms with Crippen molar-refractivity contribution in [3.8, 4) is 17.2 Å². The van der Waals surface area contributed by atoms with Crippen LogP contribution in [0.5, 0.6) is 17.2 Å². The number of aliphatic imine (C=N–C) groups is 1. The molecule has 1 heterocycles. The van der Waals surface area contributed by atoms with Gasteiger partial charge in [-0.2, -0.15) is 0 Å². The molecule has 0 aliphatic carbocycles. The van der Waals surface area contributed by atoms with Crippen molar-refractivity contribution in [3.63, 3.8) is 0 Å². The number of aromatic nitrogens is 1. The van der Waals surface area contributed by atoms with Gasteiger partial charge in [0.05, 0.1) is 12.1 Å². The molecule has 0 aliphatic rings. The summed E-state index contributed by atoms with van der Waals surface area (Å²) in [5, 5.41) is 7.78. The van der Waals surface area contributed by atoms with Crippen LogP contribution in [0.25, 0.3) is 0 Å². The number of rotatable bonds is 8. The molecule has 0 unspecified atom stereocenters. The summed E-state index contributed by atoms with van der Waals surface area (Å²) in [6.07, 6.45) is 2.79. The Balaban J connectivity index is 0.00000320. The maximum Gasteiger partial charge on any atom is 0.191 e. The summed E-state index contributed by atoms with van der Waals surface area (Å²) in [6, 6.07) is 15.6. The van der Waals surface area contributed by atoms with E-state index < -0.39 is 0 Å². The lowest BCUT2D eigenvalue weighted by Gasteiger charge is -2.12. The molecule has 30 heavy (non-hydrogen) atoms. The van der Waals surface area contributed by atoms with E-state index in [1.807, 2.05) is 54.7 Å². The summed E-state index contributed by atoms with van der Waals surface area (Å²) in [6.45, 7) is 3.53. The van der Waals surface area contributed by atoms with Gasteiger partial charge in [0, 0.05) is 37.6 Å². The van der Waals surface area contributed by atoms with Crippen LogP contribution in [0.4, 0.5) is 0 Å². The number of methoxy groups -OCH3 is 1. The van der Waals surface area contributed by atoms with E-state index in [9.17, 15) is 0 Å². The molecule has 3 rings (SSSR count). The molecule has 0 fully saturated rings. The van der Waals surface area contributed by atoms with Gasteiger partial charge in [-0.25, -0.2) is 4.98 Å². The SMILES string of the molecule is CN=C(NCCc1ncc(C)s1)NCc1ccc(Oc2ccccc2OC)cc1.I. The van der Waals surface area contributed by atoms with Crippen LogP contribution in [0.1, 0.15) is 15.4 Å². The van der Waals surface area contributed by atoms with Gasteiger partial charge in [-0.05, 0) is 36.8 Å². The third kappa shape index (κ3) is 7.17. The highest BCUT2D eigenvalue weighted by atomic mass is 127. The largest absolute Gasteiger partial charge is 0.493 e. The van der Waals surface area contributed by atoms with Crippen LogP contribution in [0.2, 0.25) is 0 Å². The predicted molar refractivity (Wildman–Crippen MR) is 134 cm³/mol. The van der Waals surface area contributed by atoms with Crippen molar-refractivity contribution in [2.75, 3.05) is 20.7 Å². The average Bonchev–Trinajstić information content (AvgIpc) is 3.17. The monoisotopic (exact) mass is 538 g/mol. The molecule has 0 bridgehead atoms. The summed E-state index contributed by atoms with van der Waals surface area (Å²) < 4.78 is 11.2. The Labute approximate surface area is 198 Å². The third-order valence-electron chi connectivity index (χ3n) is 4.20. The lowest BCUT2D eigenvalue weighted by molar-refractivity contribution is 0.379. The molecule has 0 amide bonds. The Morgan fingerprint density at radius 3 is 2.43 bits per heavy atom. The van der Waals surface area contributed by atoms with Crippen LogP contribution in [-0.2, 0) is 13.0 Å². The van der Waals surface area contributed by atoms with E-state index in [4.69, 9.17) is 9.47 Å². The topological polar surface area (TPSA) is 67.8 Å². The number of benzene rings is 2. The highest BCUT2D eigenvalue weighted by Crippen LogP contribution is 2.30. The summed E-state index contributed by atoms with van der Waals surface area (Å²) in [5.41, 5.74) is 1.14. The van der Waals surface area contributed by atoms with Crippen molar-refractivity contribution < 1.29 is 9.47 Å². The van der Waals surface area contributed by atoms with Crippen LogP contribution in [-0.4, -0.2) is 31.6 Å². The van der Waals surface area contributed by atoms with Gasteiger partial charge < -0.3 is 20.1 Å². The minimum absolute atomic E-state index is 0. The van der Waals surface area contributed by atoms with Crippen molar-refractivity contribution in [2.45, 2.75) is 19.9 Å².